The number of nitrogens with two attached hydrogens (primary N) is 2. The lowest BCUT2D eigenvalue weighted by molar-refractivity contribution is 0.513. The average Bonchev–Trinajstić information content (AvgIpc) is 2.61. The van der Waals surface area contributed by atoms with Crippen molar-refractivity contribution in [1.29, 1.82) is 0 Å². The summed E-state index contributed by atoms with van der Waals surface area (Å²) >= 11 is 0. The van der Waals surface area contributed by atoms with E-state index in [9.17, 15) is 0 Å². The summed E-state index contributed by atoms with van der Waals surface area (Å²) in [5.74, 6) is 0. The molecule has 3 aromatic carbocycles. The first-order valence-electron chi connectivity index (χ1n) is 8.39. The molecule has 0 saturated carbocycles. The molecule has 0 aliphatic heterocycles. The Labute approximate surface area is 142 Å². The zero-order valence-electron chi connectivity index (χ0n) is 13.9. The van der Waals surface area contributed by atoms with Gasteiger partial charge in [0, 0.05) is 10.8 Å². The molecule has 0 unspecified atom stereocenters. The Morgan fingerprint density at radius 2 is 1.04 bits per heavy atom. The van der Waals surface area contributed by atoms with E-state index in [0.717, 1.165) is 5.69 Å². The molecule has 6 rings (SSSR count). The van der Waals surface area contributed by atoms with Crippen molar-refractivity contribution in [2.45, 2.75) is 24.7 Å². The maximum absolute atomic E-state index is 6.52. The standard InChI is InChI=1S/C22H20N2/c1-21-13-7-3-5-9-15(13)22(2,16-10-6-4-8-14(16)21)19-17(21)11-12-18(23)20(19)24/h3-12H,23-24H2,1-2H3. The van der Waals surface area contributed by atoms with Crippen LogP contribution in [0.15, 0.2) is 60.7 Å². The number of rotatable bonds is 0. The van der Waals surface area contributed by atoms with Gasteiger partial charge in [-0.15, -0.1) is 0 Å². The minimum atomic E-state index is -0.264. The van der Waals surface area contributed by atoms with Crippen LogP contribution < -0.4 is 11.5 Å². The smallest absolute Gasteiger partial charge is 0.0596 e. The number of hydrogen-bond donors (Lipinski definition) is 2. The first-order chi connectivity index (χ1) is 11.5. The van der Waals surface area contributed by atoms with E-state index in [2.05, 4.69) is 68.4 Å². The lowest BCUT2D eigenvalue weighted by Gasteiger charge is -2.54. The predicted molar refractivity (Wildman–Crippen MR) is 99.3 cm³/mol. The second kappa shape index (κ2) is 4.02. The van der Waals surface area contributed by atoms with Gasteiger partial charge in [-0.25, -0.2) is 0 Å². The Morgan fingerprint density at radius 1 is 0.583 bits per heavy atom. The zero-order chi connectivity index (χ0) is 16.7. The molecule has 3 aliphatic carbocycles. The first kappa shape index (κ1) is 13.7. The maximum atomic E-state index is 6.52. The Morgan fingerprint density at radius 3 is 1.54 bits per heavy atom. The molecule has 3 aromatic rings. The molecule has 0 aromatic heterocycles. The number of nitrogen functional groups attached to an aromatic ring is 2. The van der Waals surface area contributed by atoms with Gasteiger partial charge in [0.05, 0.1) is 11.4 Å². The van der Waals surface area contributed by atoms with Crippen LogP contribution in [-0.2, 0) is 10.8 Å². The van der Waals surface area contributed by atoms with E-state index in [1.54, 1.807) is 0 Å². The van der Waals surface area contributed by atoms with Crippen LogP contribution in [0.3, 0.4) is 0 Å². The van der Waals surface area contributed by atoms with Crippen LogP contribution >= 0.6 is 0 Å². The fourth-order valence-corrected chi connectivity index (χ4v) is 5.15. The molecule has 2 nitrogen and oxygen atoms in total. The van der Waals surface area contributed by atoms with Gasteiger partial charge in [-0.3, -0.25) is 0 Å². The molecular weight excluding hydrogens is 292 g/mol. The van der Waals surface area contributed by atoms with Crippen LogP contribution in [0.1, 0.15) is 47.2 Å². The zero-order valence-corrected chi connectivity index (χ0v) is 13.9. The summed E-state index contributed by atoms with van der Waals surface area (Å²) in [5.41, 5.74) is 21.6. The van der Waals surface area contributed by atoms with E-state index in [0.29, 0.717) is 5.69 Å². The summed E-state index contributed by atoms with van der Waals surface area (Å²) in [6.45, 7) is 4.61. The lowest BCUT2D eigenvalue weighted by atomic mass is 9.48. The third-order valence-corrected chi connectivity index (χ3v) is 6.33. The Balaban J connectivity index is 2.06. The molecule has 0 atom stereocenters. The van der Waals surface area contributed by atoms with Gasteiger partial charge < -0.3 is 11.5 Å². The minimum Gasteiger partial charge on any atom is -0.397 e. The van der Waals surface area contributed by atoms with Crippen LogP contribution in [0.4, 0.5) is 11.4 Å². The summed E-state index contributed by atoms with van der Waals surface area (Å²) in [6.07, 6.45) is 0. The van der Waals surface area contributed by atoms with Crippen LogP contribution in [0.2, 0.25) is 0 Å². The average molecular weight is 312 g/mol. The Kier molecular flexibility index (Phi) is 2.29. The lowest BCUT2D eigenvalue weighted by Crippen LogP contribution is -2.48. The number of benzene rings is 3. The normalized spacial score (nSPS) is 25.8. The van der Waals surface area contributed by atoms with E-state index in [4.69, 9.17) is 11.5 Å². The largest absolute Gasteiger partial charge is 0.397 e. The topological polar surface area (TPSA) is 52.0 Å². The van der Waals surface area contributed by atoms with Gasteiger partial charge in [0.1, 0.15) is 0 Å². The first-order valence-corrected chi connectivity index (χ1v) is 8.39. The van der Waals surface area contributed by atoms with Crippen LogP contribution in [0.5, 0.6) is 0 Å². The highest BCUT2D eigenvalue weighted by molar-refractivity contribution is 5.83. The van der Waals surface area contributed by atoms with Crippen LogP contribution in [0, 0.1) is 0 Å². The van der Waals surface area contributed by atoms with Crippen molar-refractivity contribution in [2.24, 2.45) is 0 Å². The molecule has 4 N–H and O–H groups in total. The molecule has 0 heterocycles. The number of anilines is 2. The van der Waals surface area contributed by atoms with E-state index < -0.39 is 0 Å². The van der Waals surface area contributed by atoms with Crippen LogP contribution in [0.25, 0.3) is 0 Å². The van der Waals surface area contributed by atoms with Gasteiger partial charge in [0.25, 0.3) is 0 Å². The highest BCUT2D eigenvalue weighted by Gasteiger charge is 2.55. The van der Waals surface area contributed by atoms with Crippen molar-refractivity contribution < 1.29 is 0 Å². The summed E-state index contributed by atoms with van der Waals surface area (Å²) in [5, 5.41) is 0. The Bertz CT molecular complexity index is 969. The fourth-order valence-electron chi connectivity index (χ4n) is 5.15. The van der Waals surface area contributed by atoms with Gasteiger partial charge in [0.2, 0.25) is 0 Å². The minimum absolute atomic E-state index is 0.192. The predicted octanol–water partition coefficient (Wildman–Crippen LogP) is 4.19. The van der Waals surface area contributed by atoms with Crippen molar-refractivity contribution >= 4 is 11.4 Å². The summed E-state index contributed by atoms with van der Waals surface area (Å²) < 4.78 is 0. The Hall–Kier alpha value is -2.74. The van der Waals surface area contributed by atoms with Gasteiger partial charge in [-0.1, -0.05) is 54.6 Å². The summed E-state index contributed by atoms with van der Waals surface area (Å²) in [4.78, 5) is 0. The molecule has 0 fully saturated rings. The van der Waals surface area contributed by atoms with Crippen molar-refractivity contribution in [3.63, 3.8) is 0 Å². The van der Waals surface area contributed by atoms with E-state index in [-0.39, 0.29) is 10.8 Å². The van der Waals surface area contributed by atoms with Crippen LogP contribution in [-0.4, -0.2) is 0 Å². The molecule has 0 amide bonds. The number of hydrogen-bond acceptors (Lipinski definition) is 2. The molecule has 2 heteroatoms. The molecule has 0 saturated heterocycles. The SMILES string of the molecule is CC12c3ccccc3C(C)(c3ccccc31)c1c2ccc(N)c1N. The fraction of sp³-hybridized carbons (Fsp3) is 0.182. The maximum Gasteiger partial charge on any atom is 0.0596 e. The second-order valence-corrected chi connectivity index (χ2v) is 7.33. The monoisotopic (exact) mass is 312 g/mol. The molecular formula is C22H20N2. The van der Waals surface area contributed by atoms with E-state index in [1.165, 1.54) is 33.4 Å². The molecule has 118 valence electrons. The summed E-state index contributed by atoms with van der Waals surface area (Å²) in [6, 6.07) is 21.7. The van der Waals surface area contributed by atoms with Crippen molar-refractivity contribution in [3.05, 3.63) is 94.0 Å². The van der Waals surface area contributed by atoms with Crippen molar-refractivity contribution in [3.8, 4) is 0 Å². The highest BCUT2D eigenvalue weighted by atomic mass is 14.7. The third kappa shape index (κ3) is 1.23. The quantitative estimate of drug-likeness (QED) is 0.612. The molecule has 0 spiro atoms. The summed E-state index contributed by atoms with van der Waals surface area (Å²) in [7, 11) is 0. The van der Waals surface area contributed by atoms with E-state index in [1.807, 2.05) is 6.07 Å². The van der Waals surface area contributed by atoms with Crippen molar-refractivity contribution in [2.75, 3.05) is 11.5 Å². The third-order valence-electron chi connectivity index (χ3n) is 6.33. The second-order valence-electron chi connectivity index (χ2n) is 7.33. The van der Waals surface area contributed by atoms with Crippen molar-refractivity contribution in [1.82, 2.24) is 0 Å². The van der Waals surface area contributed by atoms with Gasteiger partial charge in [0.15, 0.2) is 0 Å². The molecule has 0 radical (unpaired) electrons. The van der Waals surface area contributed by atoms with Gasteiger partial charge >= 0.3 is 0 Å². The highest BCUT2D eigenvalue weighted by Crippen LogP contribution is 2.63. The van der Waals surface area contributed by atoms with E-state index >= 15 is 0 Å². The van der Waals surface area contributed by atoms with Gasteiger partial charge in [-0.2, -0.15) is 0 Å². The molecule has 24 heavy (non-hydrogen) atoms. The van der Waals surface area contributed by atoms with Gasteiger partial charge in [-0.05, 0) is 53.3 Å². The molecule has 3 aliphatic rings. The molecule has 2 bridgehead atoms.